The van der Waals surface area contributed by atoms with Crippen LogP contribution in [0.4, 0.5) is 0 Å². The quantitative estimate of drug-likeness (QED) is 0.861. The molecule has 2 rings (SSSR count). The molecular formula is C13H16ClN3O4. The topological polar surface area (TPSA) is 91.6 Å². The Bertz CT molecular complexity index is 596. The van der Waals surface area contributed by atoms with Gasteiger partial charge in [-0.15, -0.1) is 0 Å². The van der Waals surface area contributed by atoms with Crippen LogP contribution in [0.3, 0.4) is 0 Å². The number of carbonyl (C=O) groups excluding carboxylic acids is 2. The van der Waals surface area contributed by atoms with E-state index in [9.17, 15) is 19.5 Å². The van der Waals surface area contributed by atoms with E-state index in [-0.39, 0.29) is 30.7 Å². The van der Waals surface area contributed by atoms with Gasteiger partial charge < -0.3 is 19.9 Å². The van der Waals surface area contributed by atoms with Crippen LogP contribution in [-0.2, 0) is 9.59 Å². The largest absolute Gasteiger partial charge is 0.480 e. The summed E-state index contributed by atoms with van der Waals surface area (Å²) in [6.45, 7) is 3.38. The number of hydrogen-bond acceptors (Lipinski definition) is 3. The van der Waals surface area contributed by atoms with Gasteiger partial charge in [-0.05, 0) is 19.9 Å². The van der Waals surface area contributed by atoms with Crippen molar-refractivity contribution >= 4 is 29.4 Å². The molecule has 1 fully saturated rings. The number of carbonyl (C=O) groups is 3. The third-order valence-corrected chi connectivity index (χ3v) is 3.53. The second kappa shape index (κ2) is 5.77. The summed E-state index contributed by atoms with van der Waals surface area (Å²) in [6.07, 6.45) is 1.61. The van der Waals surface area contributed by atoms with E-state index in [1.165, 1.54) is 6.07 Å². The lowest BCUT2D eigenvalue weighted by Crippen LogP contribution is -2.59. The molecule has 0 radical (unpaired) electrons. The number of halogens is 1. The second-order valence-corrected chi connectivity index (χ2v) is 5.57. The molecule has 0 aliphatic carbocycles. The second-order valence-electron chi connectivity index (χ2n) is 5.14. The SMILES string of the molecule is CC(C)n1cc(Cl)cc1C(=O)N1CC(=O)NCC1C(=O)O. The first kappa shape index (κ1) is 15.4. The number of carboxylic acid groups (broad SMARTS) is 1. The minimum Gasteiger partial charge on any atom is -0.480 e. The van der Waals surface area contributed by atoms with Crippen molar-refractivity contribution in [1.29, 1.82) is 0 Å². The highest BCUT2D eigenvalue weighted by Crippen LogP contribution is 2.21. The van der Waals surface area contributed by atoms with Crippen molar-refractivity contribution in [1.82, 2.24) is 14.8 Å². The molecule has 1 aliphatic rings. The highest BCUT2D eigenvalue weighted by atomic mass is 35.5. The van der Waals surface area contributed by atoms with Gasteiger partial charge >= 0.3 is 5.97 Å². The van der Waals surface area contributed by atoms with E-state index in [0.29, 0.717) is 5.02 Å². The third-order valence-electron chi connectivity index (χ3n) is 3.32. The average Bonchev–Trinajstić information content (AvgIpc) is 2.79. The van der Waals surface area contributed by atoms with Crippen LogP contribution in [0.2, 0.25) is 5.02 Å². The summed E-state index contributed by atoms with van der Waals surface area (Å²) in [6, 6.07) is 0.387. The number of hydrogen-bond donors (Lipinski definition) is 2. The number of carboxylic acids is 1. The molecule has 21 heavy (non-hydrogen) atoms. The van der Waals surface area contributed by atoms with Gasteiger partial charge in [0, 0.05) is 18.8 Å². The van der Waals surface area contributed by atoms with Gasteiger partial charge in [0.2, 0.25) is 5.91 Å². The van der Waals surface area contributed by atoms with E-state index in [2.05, 4.69) is 5.32 Å². The maximum Gasteiger partial charge on any atom is 0.328 e. The fraction of sp³-hybridized carbons (Fsp3) is 0.462. The number of nitrogens with zero attached hydrogens (tertiary/aromatic N) is 2. The molecule has 2 amide bonds. The summed E-state index contributed by atoms with van der Waals surface area (Å²) in [5.41, 5.74) is 0.274. The van der Waals surface area contributed by atoms with Gasteiger partial charge in [0.25, 0.3) is 5.91 Å². The van der Waals surface area contributed by atoms with Gasteiger partial charge in [-0.2, -0.15) is 0 Å². The van der Waals surface area contributed by atoms with E-state index in [1.807, 2.05) is 13.8 Å². The Hall–Kier alpha value is -2.02. The Morgan fingerprint density at radius 3 is 2.71 bits per heavy atom. The van der Waals surface area contributed by atoms with Crippen molar-refractivity contribution in [3.8, 4) is 0 Å². The predicted molar refractivity (Wildman–Crippen MR) is 75.3 cm³/mol. The number of aromatic nitrogens is 1. The first-order chi connectivity index (χ1) is 9.81. The zero-order chi connectivity index (χ0) is 15.7. The normalized spacial score (nSPS) is 18.8. The summed E-state index contributed by atoms with van der Waals surface area (Å²) >= 11 is 5.93. The molecule has 7 nitrogen and oxygen atoms in total. The number of rotatable bonds is 3. The highest BCUT2D eigenvalue weighted by Gasteiger charge is 2.36. The van der Waals surface area contributed by atoms with E-state index >= 15 is 0 Å². The van der Waals surface area contributed by atoms with E-state index in [4.69, 9.17) is 11.6 Å². The number of amides is 2. The van der Waals surface area contributed by atoms with Crippen LogP contribution in [0.5, 0.6) is 0 Å². The summed E-state index contributed by atoms with van der Waals surface area (Å²) < 4.78 is 1.66. The smallest absolute Gasteiger partial charge is 0.328 e. The molecule has 114 valence electrons. The molecule has 0 saturated carbocycles. The molecular weight excluding hydrogens is 298 g/mol. The van der Waals surface area contributed by atoms with Gasteiger partial charge in [-0.1, -0.05) is 11.6 Å². The Labute approximate surface area is 126 Å². The zero-order valence-electron chi connectivity index (χ0n) is 11.7. The molecule has 1 saturated heterocycles. The van der Waals surface area contributed by atoms with Gasteiger partial charge in [-0.25, -0.2) is 4.79 Å². The van der Waals surface area contributed by atoms with Gasteiger partial charge in [0.15, 0.2) is 0 Å². The van der Waals surface area contributed by atoms with E-state index < -0.39 is 17.9 Å². The fourth-order valence-corrected chi connectivity index (χ4v) is 2.48. The number of nitrogens with one attached hydrogen (secondary N) is 1. The molecule has 0 aromatic carbocycles. The molecule has 1 aromatic heterocycles. The Morgan fingerprint density at radius 1 is 1.48 bits per heavy atom. The van der Waals surface area contributed by atoms with Crippen LogP contribution in [0.15, 0.2) is 12.3 Å². The molecule has 8 heteroatoms. The molecule has 1 aliphatic heterocycles. The monoisotopic (exact) mass is 313 g/mol. The highest BCUT2D eigenvalue weighted by molar-refractivity contribution is 6.31. The molecule has 1 unspecified atom stereocenters. The molecule has 1 atom stereocenters. The van der Waals surface area contributed by atoms with Crippen molar-refractivity contribution in [2.45, 2.75) is 25.9 Å². The molecule has 2 N–H and O–H groups in total. The fourth-order valence-electron chi connectivity index (χ4n) is 2.27. The summed E-state index contributed by atoms with van der Waals surface area (Å²) in [5.74, 6) is -2.05. The Balaban J connectivity index is 2.37. The van der Waals surface area contributed by atoms with Crippen molar-refractivity contribution in [2.24, 2.45) is 0 Å². The van der Waals surface area contributed by atoms with Gasteiger partial charge in [0.05, 0.1) is 5.02 Å². The summed E-state index contributed by atoms with van der Waals surface area (Å²) in [7, 11) is 0. The third kappa shape index (κ3) is 3.02. The predicted octanol–water partition coefficient (Wildman–Crippen LogP) is 0.748. The van der Waals surface area contributed by atoms with Crippen LogP contribution in [0.25, 0.3) is 0 Å². The van der Waals surface area contributed by atoms with Gasteiger partial charge in [0.1, 0.15) is 18.3 Å². The molecule has 0 bridgehead atoms. The molecule has 0 spiro atoms. The Morgan fingerprint density at radius 2 is 2.14 bits per heavy atom. The first-order valence-corrected chi connectivity index (χ1v) is 6.87. The van der Waals surface area contributed by atoms with Gasteiger partial charge in [-0.3, -0.25) is 9.59 Å². The zero-order valence-corrected chi connectivity index (χ0v) is 12.4. The lowest BCUT2D eigenvalue weighted by molar-refractivity contribution is -0.144. The van der Waals surface area contributed by atoms with E-state index in [1.54, 1.807) is 10.8 Å². The standard InChI is InChI=1S/C13H16ClN3O4/c1-7(2)16-5-8(14)3-9(16)12(19)17-6-11(18)15-4-10(17)13(20)21/h3,5,7,10H,4,6H2,1-2H3,(H,15,18)(H,20,21). The first-order valence-electron chi connectivity index (χ1n) is 6.49. The van der Waals surface area contributed by atoms with Crippen LogP contribution >= 0.6 is 11.6 Å². The van der Waals surface area contributed by atoms with Crippen molar-refractivity contribution in [2.75, 3.05) is 13.1 Å². The van der Waals surface area contributed by atoms with Crippen molar-refractivity contribution in [3.63, 3.8) is 0 Å². The summed E-state index contributed by atoms with van der Waals surface area (Å²) in [4.78, 5) is 36.4. The van der Waals surface area contributed by atoms with E-state index in [0.717, 1.165) is 4.90 Å². The van der Waals surface area contributed by atoms with Crippen molar-refractivity contribution < 1.29 is 19.5 Å². The minimum atomic E-state index is -1.16. The van der Waals surface area contributed by atoms with Crippen LogP contribution in [0.1, 0.15) is 30.4 Å². The molecule has 1 aromatic rings. The lowest BCUT2D eigenvalue weighted by Gasteiger charge is -2.33. The summed E-state index contributed by atoms with van der Waals surface area (Å²) in [5, 5.41) is 12.0. The average molecular weight is 314 g/mol. The number of aliphatic carboxylic acids is 1. The van der Waals surface area contributed by atoms with Crippen LogP contribution in [-0.4, -0.2) is 51.5 Å². The van der Waals surface area contributed by atoms with Crippen LogP contribution in [0, 0.1) is 0 Å². The maximum absolute atomic E-state index is 12.6. The Kier molecular flexibility index (Phi) is 4.22. The molecule has 2 heterocycles. The minimum absolute atomic E-state index is 0.0154. The lowest BCUT2D eigenvalue weighted by atomic mass is 10.1. The maximum atomic E-state index is 12.6. The van der Waals surface area contributed by atoms with Crippen molar-refractivity contribution in [3.05, 3.63) is 23.0 Å². The van der Waals surface area contributed by atoms with Crippen LogP contribution < -0.4 is 5.32 Å². The number of piperazine rings is 1.